The van der Waals surface area contributed by atoms with Gasteiger partial charge >= 0.3 is 0 Å². The summed E-state index contributed by atoms with van der Waals surface area (Å²) in [5, 5.41) is 0.455. The third-order valence-corrected chi connectivity index (χ3v) is 4.98. The summed E-state index contributed by atoms with van der Waals surface area (Å²) >= 11 is 1.75. The van der Waals surface area contributed by atoms with Gasteiger partial charge < -0.3 is 4.74 Å². The highest BCUT2D eigenvalue weighted by Crippen LogP contribution is 2.30. The van der Waals surface area contributed by atoms with Crippen LogP contribution in [0.4, 0.5) is 0 Å². The van der Waals surface area contributed by atoms with Crippen molar-refractivity contribution in [3.63, 3.8) is 0 Å². The van der Waals surface area contributed by atoms with Crippen molar-refractivity contribution in [2.75, 3.05) is 6.61 Å². The monoisotopic (exact) mass is 264 g/mol. The molecule has 0 aliphatic carbocycles. The summed E-state index contributed by atoms with van der Waals surface area (Å²) in [5.41, 5.74) is 2.00. The molecule has 0 N–H and O–H groups in total. The van der Waals surface area contributed by atoms with Crippen LogP contribution in [-0.2, 0) is 4.74 Å². The van der Waals surface area contributed by atoms with Crippen LogP contribution < -0.4 is 0 Å². The van der Waals surface area contributed by atoms with E-state index in [0.29, 0.717) is 5.25 Å². The van der Waals surface area contributed by atoms with Crippen molar-refractivity contribution < 1.29 is 9.53 Å². The summed E-state index contributed by atoms with van der Waals surface area (Å²) < 4.78 is 5.54. The number of aryl methyl sites for hydroxylation is 1. The van der Waals surface area contributed by atoms with E-state index in [2.05, 4.69) is 6.92 Å². The molecule has 3 heteroatoms. The third kappa shape index (κ3) is 3.15. The summed E-state index contributed by atoms with van der Waals surface area (Å²) in [6.45, 7) is 6.94. The highest BCUT2D eigenvalue weighted by Gasteiger charge is 2.28. The maximum atomic E-state index is 12.3. The van der Waals surface area contributed by atoms with Gasteiger partial charge in [-0.1, -0.05) is 29.8 Å². The quantitative estimate of drug-likeness (QED) is 0.779. The van der Waals surface area contributed by atoms with Crippen LogP contribution in [0.5, 0.6) is 0 Å². The molecule has 2 rings (SSSR count). The van der Waals surface area contributed by atoms with Gasteiger partial charge in [-0.25, -0.2) is 0 Å². The lowest BCUT2D eigenvalue weighted by atomic mass is 10.1. The lowest BCUT2D eigenvalue weighted by Gasteiger charge is -2.18. The minimum atomic E-state index is 0.00172. The second kappa shape index (κ2) is 5.89. The Balaban J connectivity index is 1.98. The summed E-state index contributed by atoms with van der Waals surface area (Å²) in [6, 6.07) is 7.82. The number of benzene rings is 1. The standard InChI is InChI=1S/C15H20O2S/c1-10-4-6-13(7-5-10)15(16)12(3)18-14-8-9-17-11(14)2/h4-7,11-12,14H,8-9H2,1-3H3. The van der Waals surface area contributed by atoms with Crippen molar-refractivity contribution >= 4 is 17.5 Å². The average Bonchev–Trinajstić information content (AvgIpc) is 2.75. The molecule has 1 heterocycles. The molecule has 0 saturated carbocycles. The predicted molar refractivity (Wildman–Crippen MR) is 76.4 cm³/mol. The van der Waals surface area contributed by atoms with Crippen LogP contribution >= 0.6 is 11.8 Å². The fraction of sp³-hybridized carbons (Fsp3) is 0.533. The average molecular weight is 264 g/mol. The molecule has 18 heavy (non-hydrogen) atoms. The van der Waals surface area contributed by atoms with Crippen LogP contribution in [0.15, 0.2) is 24.3 Å². The number of carbonyl (C=O) groups is 1. The summed E-state index contributed by atoms with van der Waals surface area (Å²) in [5.74, 6) is 0.221. The summed E-state index contributed by atoms with van der Waals surface area (Å²) in [4.78, 5) is 12.3. The van der Waals surface area contributed by atoms with E-state index in [1.54, 1.807) is 11.8 Å². The minimum Gasteiger partial charge on any atom is -0.377 e. The van der Waals surface area contributed by atoms with Crippen LogP contribution in [0.2, 0.25) is 0 Å². The maximum absolute atomic E-state index is 12.3. The Morgan fingerprint density at radius 1 is 1.39 bits per heavy atom. The molecule has 0 bridgehead atoms. The molecule has 0 radical (unpaired) electrons. The SMILES string of the molecule is Cc1ccc(C(=O)C(C)SC2CCOC2C)cc1. The highest BCUT2D eigenvalue weighted by molar-refractivity contribution is 8.01. The van der Waals surface area contributed by atoms with Crippen molar-refractivity contribution in [2.24, 2.45) is 0 Å². The largest absolute Gasteiger partial charge is 0.377 e. The molecule has 1 aliphatic rings. The van der Waals surface area contributed by atoms with Crippen molar-refractivity contribution in [1.29, 1.82) is 0 Å². The van der Waals surface area contributed by atoms with Crippen LogP contribution in [0.3, 0.4) is 0 Å². The van der Waals surface area contributed by atoms with E-state index in [0.717, 1.165) is 18.6 Å². The summed E-state index contributed by atoms with van der Waals surface area (Å²) in [6.07, 6.45) is 1.32. The molecular weight excluding hydrogens is 244 g/mol. The lowest BCUT2D eigenvalue weighted by Crippen LogP contribution is -2.22. The van der Waals surface area contributed by atoms with Gasteiger partial charge in [-0.15, -0.1) is 11.8 Å². The number of hydrogen-bond acceptors (Lipinski definition) is 3. The fourth-order valence-electron chi connectivity index (χ4n) is 2.17. The van der Waals surface area contributed by atoms with Gasteiger partial charge in [0, 0.05) is 17.4 Å². The third-order valence-electron chi connectivity index (χ3n) is 3.39. The molecule has 0 spiro atoms. The Kier molecular flexibility index (Phi) is 4.46. The highest BCUT2D eigenvalue weighted by atomic mass is 32.2. The van der Waals surface area contributed by atoms with Gasteiger partial charge in [-0.3, -0.25) is 4.79 Å². The Morgan fingerprint density at radius 3 is 2.61 bits per heavy atom. The first-order chi connectivity index (χ1) is 8.58. The maximum Gasteiger partial charge on any atom is 0.175 e. The minimum absolute atomic E-state index is 0.00172. The van der Waals surface area contributed by atoms with Crippen molar-refractivity contribution in [3.05, 3.63) is 35.4 Å². The number of hydrogen-bond donors (Lipinski definition) is 0. The molecule has 1 aromatic rings. The van der Waals surface area contributed by atoms with E-state index >= 15 is 0 Å². The van der Waals surface area contributed by atoms with Gasteiger partial charge in [-0.05, 0) is 27.2 Å². The zero-order valence-corrected chi connectivity index (χ0v) is 12.0. The van der Waals surface area contributed by atoms with Gasteiger partial charge in [0.15, 0.2) is 5.78 Å². The van der Waals surface area contributed by atoms with E-state index in [1.165, 1.54) is 5.56 Å². The Labute approximate surface area is 113 Å². The Hall–Kier alpha value is -0.800. The molecule has 1 aliphatic heterocycles. The molecule has 3 unspecified atom stereocenters. The number of thioether (sulfide) groups is 1. The van der Waals surface area contributed by atoms with E-state index in [-0.39, 0.29) is 17.1 Å². The van der Waals surface area contributed by atoms with Gasteiger partial charge in [0.25, 0.3) is 0 Å². The molecule has 0 aromatic heterocycles. The van der Waals surface area contributed by atoms with Crippen molar-refractivity contribution in [2.45, 2.75) is 43.8 Å². The molecule has 98 valence electrons. The Bertz CT molecular complexity index is 413. The topological polar surface area (TPSA) is 26.3 Å². The number of rotatable bonds is 4. The number of carbonyl (C=O) groups excluding carboxylic acids is 1. The molecule has 2 nitrogen and oxygen atoms in total. The van der Waals surface area contributed by atoms with Gasteiger partial charge in [0.2, 0.25) is 0 Å². The predicted octanol–water partition coefficient (Wildman–Crippen LogP) is 3.48. The fourth-order valence-corrected chi connectivity index (χ4v) is 3.48. The van der Waals surface area contributed by atoms with Gasteiger partial charge in [0.05, 0.1) is 11.4 Å². The zero-order chi connectivity index (χ0) is 13.1. The smallest absolute Gasteiger partial charge is 0.175 e. The second-order valence-electron chi connectivity index (χ2n) is 4.91. The first-order valence-electron chi connectivity index (χ1n) is 6.46. The molecule has 1 fully saturated rings. The molecule has 1 saturated heterocycles. The normalized spacial score (nSPS) is 25.1. The first kappa shape index (κ1) is 13.6. The Morgan fingerprint density at radius 2 is 2.06 bits per heavy atom. The van der Waals surface area contributed by atoms with Crippen LogP contribution in [0.25, 0.3) is 0 Å². The summed E-state index contributed by atoms with van der Waals surface area (Å²) in [7, 11) is 0. The molecular formula is C15H20O2S. The number of ketones is 1. The van der Waals surface area contributed by atoms with Gasteiger partial charge in [0.1, 0.15) is 0 Å². The second-order valence-corrected chi connectivity index (χ2v) is 6.50. The van der Waals surface area contributed by atoms with Crippen LogP contribution in [0.1, 0.15) is 36.2 Å². The molecule has 0 amide bonds. The van der Waals surface area contributed by atoms with E-state index in [9.17, 15) is 4.79 Å². The van der Waals surface area contributed by atoms with Crippen LogP contribution in [0, 0.1) is 6.92 Å². The number of ether oxygens (including phenoxy) is 1. The van der Waals surface area contributed by atoms with E-state index in [1.807, 2.05) is 38.1 Å². The van der Waals surface area contributed by atoms with Gasteiger partial charge in [-0.2, -0.15) is 0 Å². The first-order valence-corrected chi connectivity index (χ1v) is 7.40. The van der Waals surface area contributed by atoms with Crippen molar-refractivity contribution in [1.82, 2.24) is 0 Å². The van der Waals surface area contributed by atoms with Crippen LogP contribution in [-0.4, -0.2) is 29.0 Å². The lowest BCUT2D eigenvalue weighted by molar-refractivity contribution is 0.0993. The molecule has 1 aromatic carbocycles. The zero-order valence-electron chi connectivity index (χ0n) is 11.2. The van der Waals surface area contributed by atoms with Crippen molar-refractivity contribution in [3.8, 4) is 0 Å². The number of Topliss-reactive ketones (excluding diaryl/α,β-unsaturated/α-hetero) is 1. The van der Waals surface area contributed by atoms with E-state index < -0.39 is 0 Å². The van der Waals surface area contributed by atoms with E-state index in [4.69, 9.17) is 4.74 Å². The molecule has 3 atom stereocenters.